The van der Waals surface area contributed by atoms with Crippen molar-refractivity contribution < 1.29 is 0 Å². The van der Waals surface area contributed by atoms with Gasteiger partial charge in [0.05, 0.1) is 5.69 Å². The first-order valence-electron chi connectivity index (χ1n) is 6.60. The molecule has 1 aromatic heterocycles. The maximum Gasteiger partial charge on any atom is 0.0538 e. The maximum atomic E-state index is 4.94. The largest absolute Gasteiger partial charge is 0.256 e. The van der Waals surface area contributed by atoms with E-state index >= 15 is 0 Å². The minimum Gasteiger partial charge on any atom is -0.256 e. The van der Waals surface area contributed by atoms with Crippen molar-refractivity contribution in [3.05, 3.63) is 41.7 Å². The molecule has 2 rings (SSSR count). The van der Waals surface area contributed by atoms with E-state index in [0.717, 1.165) is 0 Å². The zero-order valence-corrected chi connectivity index (χ0v) is 12.3. The van der Waals surface area contributed by atoms with Crippen molar-refractivity contribution in [2.45, 2.75) is 52.4 Å². The van der Waals surface area contributed by atoms with Crippen LogP contribution in [-0.2, 0) is 10.8 Å². The van der Waals surface area contributed by atoms with Crippen molar-refractivity contribution in [2.24, 2.45) is 0 Å². The minimum absolute atomic E-state index is 0.0703. The highest BCUT2D eigenvalue weighted by atomic mass is 14.8. The number of hydrogen-bond acceptors (Lipinski definition) is 1. The number of fused-ring (bicyclic) bond motifs is 1. The van der Waals surface area contributed by atoms with Gasteiger partial charge in [-0.25, -0.2) is 0 Å². The van der Waals surface area contributed by atoms with E-state index in [1.165, 1.54) is 22.2 Å². The molecule has 0 radical (unpaired) electrons. The van der Waals surface area contributed by atoms with Crippen LogP contribution >= 0.6 is 0 Å². The molecular formula is C17H23N. The number of aromatic nitrogens is 1. The van der Waals surface area contributed by atoms with Crippen LogP contribution < -0.4 is 0 Å². The van der Waals surface area contributed by atoms with Crippen LogP contribution in [-0.4, -0.2) is 4.98 Å². The Balaban J connectivity index is 2.81. The molecule has 0 saturated carbocycles. The summed E-state index contributed by atoms with van der Waals surface area (Å²) >= 11 is 0. The third-order valence-corrected chi connectivity index (χ3v) is 3.22. The van der Waals surface area contributed by atoms with E-state index in [4.69, 9.17) is 4.98 Å². The fourth-order valence-electron chi connectivity index (χ4n) is 2.15. The molecule has 0 fully saturated rings. The third-order valence-electron chi connectivity index (χ3n) is 3.22. The van der Waals surface area contributed by atoms with E-state index in [-0.39, 0.29) is 10.8 Å². The summed E-state index contributed by atoms with van der Waals surface area (Å²) in [7, 11) is 0. The Morgan fingerprint density at radius 1 is 0.833 bits per heavy atom. The fourth-order valence-corrected chi connectivity index (χ4v) is 2.15. The Bertz CT molecular complexity index is 568. The molecular weight excluding hydrogens is 218 g/mol. The Morgan fingerprint density at radius 2 is 1.44 bits per heavy atom. The predicted molar refractivity (Wildman–Crippen MR) is 79.1 cm³/mol. The van der Waals surface area contributed by atoms with E-state index < -0.39 is 0 Å². The van der Waals surface area contributed by atoms with Gasteiger partial charge in [-0.3, -0.25) is 4.98 Å². The third kappa shape index (κ3) is 2.40. The van der Waals surface area contributed by atoms with Crippen LogP contribution in [0, 0.1) is 0 Å². The number of hydrogen-bond donors (Lipinski definition) is 0. The summed E-state index contributed by atoms with van der Waals surface area (Å²) in [6.07, 6.45) is 0. The van der Waals surface area contributed by atoms with E-state index in [1.54, 1.807) is 0 Å². The molecule has 96 valence electrons. The first kappa shape index (κ1) is 13.1. The molecule has 18 heavy (non-hydrogen) atoms. The summed E-state index contributed by atoms with van der Waals surface area (Å²) in [6, 6.07) is 10.8. The lowest BCUT2D eigenvalue weighted by atomic mass is 9.85. The fraction of sp³-hybridized carbons (Fsp3) is 0.471. The number of pyridine rings is 1. The van der Waals surface area contributed by atoms with Crippen LogP contribution in [0.15, 0.2) is 30.3 Å². The molecule has 0 aliphatic carbocycles. The average Bonchev–Trinajstić information content (AvgIpc) is 2.25. The van der Waals surface area contributed by atoms with Crippen molar-refractivity contribution in [3.63, 3.8) is 0 Å². The molecule has 2 aromatic rings. The Hall–Kier alpha value is -1.37. The van der Waals surface area contributed by atoms with Gasteiger partial charge in [0.15, 0.2) is 0 Å². The van der Waals surface area contributed by atoms with Gasteiger partial charge < -0.3 is 0 Å². The summed E-state index contributed by atoms with van der Waals surface area (Å²) < 4.78 is 0. The van der Waals surface area contributed by atoms with Crippen LogP contribution in [0.25, 0.3) is 10.8 Å². The lowest BCUT2D eigenvalue weighted by Gasteiger charge is -2.25. The van der Waals surface area contributed by atoms with Crippen molar-refractivity contribution in [1.29, 1.82) is 0 Å². The first-order chi connectivity index (χ1) is 8.19. The molecule has 0 unspecified atom stereocenters. The van der Waals surface area contributed by atoms with Gasteiger partial charge in [-0.1, -0.05) is 65.8 Å². The van der Waals surface area contributed by atoms with Crippen LogP contribution in [0.3, 0.4) is 0 Å². The summed E-state index contributed by atoms with van der Waals surface area (Å²) in [5.41, 5.74) is 2.53. The van der Waals surface area contributed by atoms with Gasteiger partial charge in [-0.2, -0.15) is 0 Å². The second-order valence-electron chi connectivity index (χ2n) is 7.08. The standard InChI is InChI=1S/C17H23N/c1-16(2,3)14-11-12-9-7-8-10-13(12)15(18-14)17(4,5)6/h7-11H,1-6H3. The molecule has 0 bridgehead atoms. The number of nitrogens with zero attached hydrogens (tertiary/aromatic N) is 1. The van der Waals surface area contributed by atoms with Gasteiger partial charge >= 0.3 is 0 Å². The molecule has 0 N–H and O–H groups in total. The summed E-state index contributed by atoms with van der Waals surface area (Å²) in [5, 5.41) is 2.57. The van der Waals surface area contributed by atoms with E-state index in [1.807, 2.05) is 0 Å². The van der Waals surface area contributed by atoms with E-state index in [9.17, 15) is 0 Å². The second-order valence-corrected chi connectivity index (χ2v) is 7.08. The molecule has 1 nitrogen and oxygen atoms in total. The average molecular weight is 241 g/mol. The topological polar surface area (TPSA) is 12.9 Å². The van der Waals surface area contributed by atoms with E-state index in [0.29, 0.717) is 0 Å². The molecule has 0 aliphatic heterocycles. The normalized spacial score (nSPS) is 13.0. The van der Waals surface area contributed by atoms with Gasteiger partial charge in [-0.15, -0.1) is 0 Å². The molecule has 0 spiro atoms. The van der Waals surface area contributed by atoms with Gasteiger partial charge in [0.1, 0.15) is 0 Å². The molecule has 0 saturated heterocycles. The Kier molecular flexibility index (Phi) is 2.96. The summed E-state index contributed by atoms with van der Waals surface area (Å²) in [5.74, 6) is 0. The SMILES string of the molecule is CC(C)(C)c1cc2ccccc2c(C(C)(C)C)n1. The van der Waals surface area contributed by atoms with Crippen molar-refractivity contribution in [1.82, 2.24) is 4.98 Å². The Morgan fingerprint density at radius 3 is 2.00 bits per heavy atom. The molecule has 1 heteroatoms. The molecule has 1 heterocycles. The zero-order valence-electron chi connectivity index (χ0n) is 12.3. The lowest BCUT2D eigenvalue weighted by molar-refractivity contribution is 0.536. The van der Waals surface area contributed by atoms with Gasteiger partial charge in [0.2, 0.25) is 0 Å². The molecule has 0 amide bonds. The monoisotopic (exact) mass is 241 g/mol. The van der Waals surface area contributed by atoms with Crippen molar-refractivity contribution >= 4 is 10.8 Å². The molecule has 0 atom stereocenters. The van der Waals surface area contributed by atoms with Gasteiger partial charge in [0.25, 0.3) is 0 Å². The summed E-state index contributed by atoms with van der Waals surface area (Å²) in [6.45, 7) is 13.3. The lowest BCUT2D eigenvalue weighted by Crippen LogP contribution is -2.20. The Labute approximate surface area is 110 Å². The quantitative estimate of drug-likeness (QED) is 0.643. The van der Waals surface area contributed by atoms with Crippen molar-refractivity contribution in [2.75, 3.05) is 0 Å². The number of benzene rings is 1. The van der Waals surface area contributed by atoms with Crippen LogP contribution in [0.2, 0.25) is 0 Å². The van der Waals surface area contributed by atoms with E-state index in [2.05, 4.69) is 71.9 Å². The van der Waals surface area contributed by atoms with Crippen LogP contribution in [0.4, 0.5) is 0 Å². The highest BCUT2D eigenvalue weighted by Gasteiger charge is 2.23. The predicted octanol–water partition coefficient (Wildman–Crippen LogP) is 4.83. The minimum atomic E-state index is 0.0703. The highest BCUT2D eigenvalue weighted by Crippen LogP contribution is 2.32. The van der Waals surface area contributed by atoms with Gasteiger partial charge in [0, 0.05) is 21.9 Å². The van der Waals surface area contributed by atoms with Gasteiger partial charge in [-0.05, 0) is 11.5 Å². The highest BCUT2D eigenvalue weighted by molar-refractivity contribution is 5.85. The van der Waals surface area contributed by atoms with Crippen LogP contribution in [0.5, 0.6) is 0 Å². The zero-order chi connectivity index (χ0) is 13.6. The second kappa shape index (κ2) is 4.08. The molecule has 1 aromatic carbocycles. The van der Waals surface area contributed by atoms with Crippen molar-refractivity contribution in [3.8, 4) is 0 Å². The first-order valence-corrected chi connectivity index (χ1v) is 6.60. The maximum absolute atomic E-state index is 4.94. The number of rotatable bonds is 0. The smallest absolute Gasteiger partial charge is 0.0538 e. The van der Waals surface area contributed by atoms with Crippen LogP contribution in [0.1, 0.15) is 52.9 Å². The summed E-state index contributed by atoms with van der Waals surface area (Å²) in [4.78, 5) is 4.94. The molecule has 0 aliphatic rings.